The van der Waals surface area contributed by atoms with Gasteiger partial charge in [0.1, 0.15) is 0 Å². The first-order valence-corrected chi connectivity index (χ1v) is 5.01. The van der Waals surface area contributed by atoms with Gasteiger partial charge < -0.3 is 10.4 Å². The quantitative estimate of drug-likeness (QED) is 0.559. The van der Waals surface area contributed by atoms with Crippen molar-refractivity contribution in [2.45, 2.75) is 6.04 Å². The standard InChI is InChI=1S/C5H11NO3S.ClH/c7-3-5-4-10(8,9)2-1-6-5;/h5-7H,1-4H2;1H. The molecule has 1 rings (SSSR count). The van der Waals surface area contributed by atoms with Gasteiger partial charge in [0.05, 0.1) is 18.1 Å². The molecule has 0 amide bonds. The molecule has 1 fully saturated rings. The fourth-order valence-electron chi connectivity index (χ4n) is 0.985. The Labute approximate surface area is 72.3 Å². The number of aliphatic hydroxyl groups is 1. The summed E-state index contributed by atoms with van der Waals surface area (Å²) in [7, 11) is -2.87. The lowest BCUT2D eigenvalue weighted by molar-refractivity contribution is 0.252. The zero-order valence-corrected chi connectivity index (χ0v) is 7.62. The van der Waals surface area contributed by atoms with Gasteiger partial charge in [0.15, 0.2) is 9.84 Å². The van der Waals surface area contributed by atoms with Crippen molar-refractivity contribution in [3.05, 3.63) is 0 Å². The number of hydrogen-bond donors (Lipinski definition) is 2. The number of rotatable bonds is 1. The number of aliphatic hydroxyl groups excluding tert-OH is 1. The predicted molar refractivity (Wildman–Crippen MR) is 44.8 cm³/mol. The Morgan fingerprint density at radius 2 is 2.18 bits per heavy atom. The summed E-state index contributed by atoms with van der Waals surface area (Å²) in [5.41, 5.74) is 0. The van der Waals surface area contributed by atoms with E-state index in [2.05, 4.69) is 5.32 Å². The second kappa shape index (κ2) is 4.25. The molecule has 68 valence electrons. The summed E-state index contributed by atoms with van der Waals surface area (Å²) in [5, 5.41) is 11.5. The molecule has 4 nitrogen and oxygen atoms in total. The Kier molecular flexibility index (Phi) is 4.31. The van der Waals surface area contributed by atoms with Crippen molar-refractivity contribution in [3.63, 3.8) is 0 Å². The third kappa shape index (κ3) is 3.37. The lowest BCUT2D eigenvalue weighted by Crippen LogP contribution is -2.46. The van der Waals surface area contributed by atoms with Crippen molar-refractivity contribution in [2.24, 2.45) is 0 Å². The molecule has 1 heterocycles. The predicted octanol–water partition coefficient (Wildman–Crippen LogP) is -1.21. The summed E-state index contributed by atoms with van der Waals surface area (Å²) in [6, 6.07) is -0.251. The second-order valence-corrected chi connectivity index (χ2v) is 4.68. The number of sulfone groups is 1. The molecule has 0 aromatic carbocycles. The summed E-state index contributed by atoms with van der Waals surface area (Å²) in [5.74, 6) is 0.271. The third-order valence-corrected chi connectivity index (χ3v) is 3.26. The van der Waals surface area contributed by atoms with Gasteiger partial charge in [-0.3, -0.25) is 0 Å². The van der Waals surface area contributed by atoms with Crippen molar-refractivity contribution in [2.75, 3.05) is 24.7 Å². The van der Waals surface area contributed by atoms with E-state index in [4.69, 9.17) is 5.11 Å². The van der Waals surface area contributed by atoms with Crippen molar-refractivity contribution < 1.29 is 13.5 Å². The first kappa shape index (κ1) is 11.2. The van der Waals surface area contributed by atoms with E-state index < -0.39 is 9.84 Å². The molecule has 0 bridgehead atoms. The fraction of sp³-hybridized carbons (Fsp3) is 1.00. The summed E-state index contributed by atoms with van der Waals surface area (Å²) < 4.78 is 21.7. The topological polar surface area (TPSA) is 66.4 Å². The molecule has 0 aromatic rings. The van der Waals surface area contributed by atoms with Gasteiger partial charge in [-0.1, -0.05) is 0 Å². The van der Waals surface area contributed by atoms with Crippen LogP contribution in [0.15, 0.2) is 0 Å². The molecule has 2 N–H and O–H groups in total. The van der Waals surface area contributed by atoms with E-state index in [-0.39, 0.29) is 36.6 Å². The van der Waals surface area contributed by atoms with Crippen LogP contribution in [0.4, 0.5) is 0 Å². The Morgan fingerprint density at radius 3 is 2.55 bits per heavy atom. The molecule has 1 aliphatic rings. The molecule has 6 heteroatoms. The Bertz CT molecular complexity index is 204. The van der Waals surface area contributed by atoms with Gasteiger partial charge in [-0.25, -0.2) is 8.42 Å². The third-order valence-electron chi connectivity index (χ3n) is 1.52. The summed E-state index contributed by atoms with van der Waals surface area (Å²) in [4.78, 5) is 0. The summed E-state index contributed by atoms with van der Waals surface area (Å²) in [6.07, 6.45) is 0. The van der Waals surface area contributed by atoms with Gasteiger partial charge >= 0.3 is 0 Å². The molecular formula is C5H12ClNO3S. The average Bonchev–Trinajstić information content (AvgIpc) is 1.86. The van der Waals surface area contributed by atoms with Crippen LogP contribution in [0.3, 0.4) is 0 Å². The Morgan fingerprint density at radius 1 is 1.55 bits per heavy atom. The molecule has 0 saturated carbocycles. The minimum Gasteiger partial charge on any atom is -0.395 e. The van der Waals surface area contributed by atoms with Gasteiger partial charge in [-0.15, -0.1) is 12.4 Å². The van der Waals surface area contributed by atoms with Gasteiger partial charge in [0.25, 0.3) is 0 Å². The van der Waals surface area contributed by atoms with E-state index >= 15 is 0 Å². The highest BCUT2D eigenvalue weighted by atomic mass is 35.5. The van der Waals surface area contributed by atoms with Gasteiger partial charge in [-0.2, -0.15) is 0 Å². The highest BCUT2D eigenvalue weighted by Gasteiger charge is 2.22. The van der Waals surface area contributed by atoms with Crippen molar-refractivity contribution in [3.8, 4) is 0 Å². The Hall–Kier alpha value is 0.160. The minimum absolute atomic E-state index is 0. The SMILES string of the molecule is Cl.O=S1(=O)CCNC(CO)C1. The van der Waals surface area contributed by atoms with E-state index in [1.807, 2.05) is 0 Å². The molecule has 1 atom stereocenters. The maximum Gasteiger partial charge on any atom is 0.153 e. The minimum atomic E-state index is -2.87. The van der Waals surface area contributed by atoms with Crippen LogP contribution in [-0.4, -0.2) is 44.2 Å². The lowest BCUT2D eigenvalue weighted by atomic mass is 10.3. The van der Waals surface area contributed by atoms with Crippen LogP contribution < -0.4 is 5.32 Å². The molecule has 1 unspecified atom stereocenters. The summed E-state index contributed by atoms with van der Waals surface area (Å²) >= 11 is 0. The van der Waals surface area contributed by atoms with E-state index in [1.54, 1.807) is 0 Å². The highest BCUT2D eigenvalue weighted by Crippen LogP contribution is 1.99. The monoisotopic (exact) mass is 201 g/mol. The first-order valence-electron chi connectivity index (χ1n) is 3.19. The van der Waals surface area contributed by atoms with Crippen LogP contribution in [-0.2, 0) is 9.84 Å². The van der Waals surface area contributed by atoms with Crippen molar-refractivity contribution in [1.82, 2.24) is 5.32 Å². The van der Waals surface area contributed by atoms with Crippen molar-refractivity contribution >= 4 is 22.2 Å². The molecule has 1 aliphatic heterocycles. The average molecular weight is 202 g/mol. The molecule has 11 heavy (non-hydrogen) atoms. The zero-order valence-electron chi connectivity index (χ0n) is 5.99. The van der Waals surface area contributed by atoms with Crippen LogP contribution in [0.5, 0.6) is 0 Å². The summed E-state index contributed by atoms with van der Waals surface area (Å²) in [6.45, 7) is 0.368. The smallest absolute Gasteiger partial charge is 0.153 e. The van der Waals surface area contributed by atoms with Gasteiger partial charge in [0, 0.05) is 12.6 Å². The largest absolute Gasteiger partial charge is 0.395 e. The molecule has 0 radical (unpaired) electrons. The van der Waals surface area contributed by atoms with E-state index in [0.717, 1.165) is 0 Å². The van der Waals surface area contributed by atoms with Crippen LogP contribution in [0.1, 0.15) is 0 Å². The Balaban J connectivity index is 0.000001000. The van der Waals surface area contributed by atoms with Crippen LogP contribution in [0.25, 0.3) is 0 Å². The second-order valence-electron chi connectivity index (χ2n) is 2.45. The maximum atomic E-state index is 10.9. The number of halogens is 1. The zero-order chi connectivity index (χ0) is 7.61. The molecule has 1 saturated heterocycles. The van der Waals surface area contributed by atoms with Gasteiger partial charge in [-0.05, 0) is 0 Å². The van der Waals surface area contributed by atoms with Crippen molar-refractivity contribution in [1.29, 1.82) is 0 Å². The normalized spacial score (nSPS) is 29.0. The van der Waals surface area contributed by atoms with E-state index in [9.17, 15) is 8.42 Å². The van der Waals surface area contributed by atoms with Crippen LogP contribution >= 0.6 is 12.4 Å². The molecule has 0 spiro atoms. The van der Waals surface area contributed by atoms with E-state index in [1.165, 1.54) is 0 Å². The molecular weight excluding hydrogens is 190 g/mol. The van der Waals surface area contributed by atoms with Crippen LogP contribution in [0, 0.1) is 0 Å². The van der Waals surface area contributed by atoms with Crippen LogP contribution in [0.2, 0.25) is 0 Å². The molecule has 0 aromatic heterocycles. The lowest BCUT2D eigenvalue weighted by Gasteiger charge is -2.21. The highest BCUT2D eigenvalue weighted by molar-refractivity contribution is 7.91. The number of hydrogen-bond acceptors (Lipinski definition) is 4. The maximum absolute atomic E-state index is 10.9. The fourth-order valence-corrected chi connectivity index (χ4v) is 2.42. The first-order chi connectivity index (χ1) is 4.64. The number of nitrogens with one attached hydrogen (secondary N) is 1. The van der Waals surface area contributed by atoms with Gasteiger partial charge in [0.2, 0.25) is 0 Å². The van der Waals surface area contributed by atoms with E-state index in [0.29, 0.717) is 6.54 Å². The molecule has 0 aliphatic carbocycles.